The van der Waals surface area contributed by atoms with Crippen LogP contribution in [0.3, 0.4) is 0 Å². The maximum absolute atomic E-state index is 12.7. The number of amides is 2. The third-order valence-electron chi connectivity index (χ3n) is 6.44. The van der Waals surface area contributed by atoms with Gasteiger partial charge in [-0.25, -0.2) is 0 Å². The Morgan fingerprint density at radius 1 is 0.436 bits per heavy atom. The molecule has 232 valence electrons. The molecule has 0 heterocycles. The zero-order valence-electron chi connectivity index (χ0n) is 24.5. The highest BCUT2D eigenvalue weighted by Gasteiger charge is 2.18. The van der Waals surface area contributed by atoms with Crippen LogP contribution in [0.25, 0.3) is 0 Å². The van der Waals surface area contributed by atoms with Crippen molar-refractivity contribution < 1.29 is 9.59 Å². The summed E-state index contributed by atoms with van der Waals surface area (Å²) in [7, 11) is 0. The van der Waals surface area contributed by atoms with E-state index in [4.69, 9.17) is 22.9 Å². The molecular weight excluding hydrogens is 496 g/mol. The maximum Gasteiger partial charge on any atom is 0.237 e. The Kier molecular flexibility index (Phi) is 28.6. The number of rotatable bonds is 30. The first-order valence-corrected chi connectivity index (χ1v) is 15.3. The molecule has 0 aromatic carbocycles. The molecule has 0 aromatic heterocycles. The molecule has 12 nitrogen and oxygen atoms in total. The lowest BCUT2D eigenvalue weighted by Crippen LogP contribution is -2.45. The van der Waals surface area contributed by atoms with Crippen LogP contribution in [0.1, 0.15) is 70.6 Å². The lowest BCUT2D eigenvalue weighted by molar-refractivity contribution is -0.124. The lowest BCUT2D eigenvalue weighted by atomic mass is 10.1. The first-order valence-electron chi connectivity index (χ1n) is 15.3. The molecular formula is C27H62N10O2. The monoisotopic (exact) mass is 559 g/mol. The molecule has 2 atom stereocenters. The number of carbonyl (C=O) groups is 2. The van der Waals surface area contributed by atoms with Crippen LogP contribution in [0.4, 0.5) is 0 Å². The summed E-state index contributed by atoms with van der Waals surface area (Å²) in [5.41, 5.74) is 22.2. The largest absolute Gasteiger partial charge is 0.355 e. The minimum Gasteiger partial charge on any atom is -0.355 e. The van der Waals surface area contributed by atoms with Gasteiger partial charge >= 0.3 is 0 Å². The van der Waals surface area contributed by atoms with Gasteiger partial charge in [0.15, 0.2) is 0 Å². The fourth-order valence-corrected chi connectivity index (χ4v) is 4.07. The van der Waals surface area contributed by atoms with Gasteiger partial charge < -0.3 is 54.8 Å². The molecule has 0 aliphatic carbocycles. The summed E-state index contributed by atoms with van der Waals surface area (Å²) in [5, 5.41) is 19.5. The molecule has 0 aliphatic rings. The summed E-state index contributed by atoms with van der Waals surface area (Å²) in [6.45, 7) is 8.91. The Balaban J connectivity index is 4.18. The van der Waals surface area contributed by atoms with Crippen molar-refractivity contribution in [1.82, 2.24) is 31.9 Å². The van der Waals surface area contributed by atoms with Gasteiger partial charge in [0.25, 0.3) is 0 Å². The number of hydrogen-bond donors (Lipinski definition) is 10. The Morgan fingerprint density at radius 2 is 0.795 bits per heavy atom. The van der Waals surface area contributed by atoms with Crippen molar-refractivity contribution in [3.63, 3.8) is 0 Å². The van der Waals surface area contributed by atoms with E-state index in [1.54, 1.807) is 0 Å². The third-order valence-corrected chi connectivity index (χ3v) is 6.44. The van der Waals surface area contributed by atoms with Gasteiger partial charge in [0, 0.05) is 13.1 Å². The zero-order valence-corrected chi connectivity index (χ0v) is 24.5. The summed E-state index contributed by atoms with van der Waals surface area (Å²) in [5.74, 6) is 0.0948. The van der Waals surface area contributed by atoms with Crippen molar-refractivity contribution in [3.05, 3.63) is 0 Å². The average molecular weight is 559 g/mol. The van der Waals surface area contributed by atoms with Gasteiger partial charge in [0.05, 0.1) is 12.1 Å². The fourth-order valence-electron chi connectivity index (χ4n) is 4.07. The molecule has 0 saturated carbocycles. The van der Waals surface area contributed by atoms with Crippen molar-refractivity contribution in [1.29, 1.82) is 0 Å². The quantitative estimate of drug-likeness (QED) is 0.0458. The van der Waals surface area contributed by atoms with Gasteiger partial charge in [0.2, 0.25) is 11.8 Å². The summed E-state index contributed by atoms with van der Waals surface area (Å²) >= 11 is 0. The Labute approximate surface area is 237 Å². The van der Waals surface area contributed by atoms with E-state index in [1.165, 1.54) is 0 Å². The summed E-state index contributed by atoms with van der Waals surface area (Å²) in [6.07, 6.45) is 9.71. The predicted molar refractivity (Wildman–Crippen MR) is 162 cm³/mol. The summed E-state index contributed by atoms with van der Waals surface area (Å²) < 4.78 is 0. The fraction of sp³-hybridized carbons (Fsp3) is 0.926. The number of hydrogen-bond acceptors (Lipinski definition) is 10. The van der Waals surface area contributed by atoms with Crippen molar-refractivity contribution >= 4 is 11.8 Å². The minimum absolute atomic E-state index is 0.0474. The highest BCUT2D eigenvalue weighted by molar-refractivity contribution is 5.82. The second-order valence-electron chi connectivity index (χ2n) is 10.0. The Morgan fingerprint density at radius 3 is 1.18 bits per heavy atom. The summed E-state index contributed by atoms with van der Waals surface area (Å²) in [4.78, 5) is 25.4. The van der Waals surface area contributed by atoms with E-state index in [1.807, 2.05) is 0 Å². The Bertz CT molecular complexity index is 511. The van der Waals surface area contributed by atoms with E-state index in [2.05, 4.69) is 31.9 Å². The second-order valence-corrected chi connectivity index (χ2v) is 10.0. The molecule has 0 saturated heterocycles. The number of nitrogens with one attached hydrogen (secondary N) is 6. The minimum atomic E-state index is -0.202. The number of unbranched alkanes of at least 4 members (excludes halogenated alkanes) is 2. The van der Waals surface area contributed by atoms with E-state index in [0.29, 0.717) is 39.3 Å². The van der Waals surface area contributed by atoms with Crippen LogP contribution in [0, 0.1) is 0 Å². The van der Waals surface area contributed by atoms with Crippen molar-refractivity contribution in [2.45, 2.75) is 82.7 Å². The van der Waals surface area contributed by atoms with Crippen LogP contribution in [-0.2, 0) is 9.59 Å². The second kappa shape index (κ2) is 29.6. The van der Waals surface area contributed by atoms with Crippen LogP contribution in [0.2, 0.25) is 0 Å². The first kappa shape index (κ1) is 37.6. The molecule has 0 fully saturated rings. The average Bonchev–Trinajstić information content (AvgIpc) is 2.94. The van der Waals surface area contributed by atoms with Crippen LogP contribution in [0.5, 0.6) is 0 Å². The van der Waals surface area contributed by atoms with Gasteiger partial charge in [-0.15, -0.1) is 0 Å². The Hall–Kier alpha value is -1.38. The standard InChI is InChI=1S/C27H62N10O2/c28-12-6-18-32-16-4-10-24(34-22-8-14-30)26(38)36-20-2-1-3-21-37-27(39)25(35-23-9-15-31)11-5-17-33-19-7-13-29/h24-25,32-35H,1-23,28-31H2,(H,36,38)(H,37,39). The summed E-state index contributed by atoms with van der Waals surface area (Å²) in [6, 6.07) is -0.404. The van der Waals surface area contributed by atoms with Crippen LogP contribution >= 0.6 is 0 Å². The van der Waals surface area contributed by atoms with Gasteiger partial charge in [-0.1, -0.05) is 0 Å². The van der Waals surface area contributed by atoms with E-state index in [9.17, 15) is 9.59 Å². The van der Waals surface area contributed by atoms with Crippen molar-refractivity contribution in [2.24, 2.45) is 22.9 Å². The highest BCUT2D eigenvalue weighted by atomic mass is 16.2. The van der Waals surface area contributed by atoms with Crippen molar-refractivity contribution in [2.75, 3.05) is 78.5 Å². The lowest BCUT2D eigenvalue weighted by Gasteiger charge is -2.19. The van der Waals surface area contributed by atoms with Crippen LogP contribution < -0.4 is 54.8 Å². The number of carbonyl (C=O) groups excluding carboxylic acids is 2. The molecule has 0 aliphatic heterocycles. The van der Waals surface area contributed by atoms with Crippen LogP contribution in [0.15, 0.2) is 0 Å². The molecule has 2 amide bonds. The smallest absolute Gasteiger partial charge is 0.237 e. The van der Waals surface area contributed by atoms with Gasteiger partial charge in [-0.3, -0.25) is 9.59 Å². The first-order chi connectivity index (χ1) is 19.1. The van der Waals surface area contributed by atoms with Crippen LogP contribution in [-0.4, -0.2) is 102 Å². The SMILES string of the molecule is NCCCNCCCC(NCCCN)C(=O)NCCCCCNC(=O)C(CCCNCCCN)NCCCN. The molecule has 12 heteroatoms. The molecule has 14 N–H and O–H groups in total. The van der Waals surface area contributed by atoms with Gasteiger partial charge in [-0.05, 0) is 136 Å². The molecule has 0 bridgehead atoms. The van der Waals surface area contributed by atoms with E-state index >= 15 is 0 Å². The molecule has 0 spiro atoms. The molecule has 0 rings (SSSR count). The maximum atomic E-state index is 12.7. The van der Waals surface area contributed by atoms with E-state index < -0.39 is 0 Å². The molecule has 0 aromatic rings. The zero-order chi connectivity index (χ0) is 28.8. The molecule has 2 unspecified atom stereocenters. The highest BCUT2D eigenvalue weighted by Crippen LogP contribution is 2.01. The third kappa shape index (κ3) is 24.2. The van der Waals surface area contributed by atoms with Crippen molar-refractivity contribution in [3.8, 4) is 0 Å². The van der Waals surface area contributed by atoms with Gasteiger partial charge in [0.1, 0.15) is 0 Å². The number of nitrogens with two attached hydrogens (primary N) is 4. The predicted octanol–water partition coefficient (Wildman–Crippen LogP) is -1.56. The normalized spacial score (nSPS) is 12.8. The van der Waals surface area contributed by atoms with E-state index in [-0.39, 0.29) is 23.9 Å². The molecule has 0 radical (unpaired) electrons. The molecule has 39 heavy (non-hydrogen) atoms. The topological polar surface area (TPSA) is 210 Å². The van der Waals surface area contributed by atoms with Gasteiger partial charge in [-0.2, -0.15) is 0 Å². The van der Waals surface area contributed by atoms with E-state index in [0.717, 1.165) is 110 Å².